The highest BCUT2D eigenvalue weighted by atomic mass is 19.4. The number of halogens is 3. The summed E-state index contributed by atoms with van der Waals surface area (Å²) < 4.78 is 38.7. The van der Waals surface area contributed by atoms with Crippen LogP contribution in [-0.2, 0) is 17.5 Å². The summed E-state index contributed by atoms with van der Waals surface area (Å²) in [4.78, 5) is 13.4. The Labute approximate surface area is 137 Å². The molecule has 1 saturated carbocycles. The molecular weight excluding hydrogens is 323 g/mol. The van der Waals surface area contributed by atoms with E-state index in [4.69, 9.17) is 0 Å². The zero-order chi connectivity index (χ0) is 17.5. The van der Waals surface area contributed by atoms with Crippen LogP contribution in [-0.4, -0.2) is 33.2 Å². The summed E-state index contributed by atoms with van der Waals surface area (Å²) in [6.45, 7) is 0.107. The molecule has 3 rings (SSSR count). The first-order chi connectivity index (χ1) is 11.3. The van der Waals surface area contributed by atoms with Gasteiger partial charge in [0, 0.05) is 12.6 Å². The van der Waals surface area contributed by atoms with Crippen molar-refractivity contribution in [2.45, 2.75) is 56.9 Å². The summed E-state index contributed by atoms with van der Waals surface area (Å²) >= 11 is 0. The maximum atomic E-state index is 12.9. The normalized spacial score (nSPS) is 27.9. The number of carboxylic acid groups (broad SMARTS) is 1. The average molecular weight is 343 g/mol. The van der Waals surface area contributed by atoms with E-state index in [1.165, 1.54) is 6.07 Å². The lowest BCUT2D eigenvalue weighted by atomic mass is 9.84. The van der Waals surface area contributed by atoms with Crippen molar-refractivity contribution in [3.63, 3.8) is 0 Å². The third-order valence-corrected chi connectivity index (χ3v) is 5.18. The summed E-state index contributed by atoms with van der Waals surface area (Å²) in [5.41, 5.74) is -0.622. The Bertz CT molecular complexity index is 632. The van der Waals surface area contributed by atoms with Gasteiger partial charge in [-0.2, -0.15) is 13.2 Å². The molecule has 0 radical (unpaired) electrons. The SMILES string of the molecule is O=C(O)C1CC2CCCCC2N1Cc1cc(O)cc(C(F)(F)F)c1. The number of rotatable bonds is 3. The minimum absolute atomic E-state index is 0.0940. The van der Waals surface area contributed by atoms with Gasteiger partial charge in [0.2, 0.25) is 0 Å². The van der Waals surface area contributed by atoms with Crippen molar-refractivity contribution in [2.75, 3.05) is 0 Å². The van der Waals surface area contributed by atoms with Gasteiger partial charge in [-0.3, -0.25) is 9.69 Å². The second-order valence-electron chi connectivity index (χ2n) is 6.76. The number of benzene rings is 1. The summed E-state index contributed by atoms with van der Waals surface area (Å²) in [5, 5.41) is 19.1. The fourth-order valence-corrected chi connectivity index (χ4v) is 4.16. The van der Waals surface area contributed by atoms with Crippen LogP contribution in [0.1, 0.15) is 43.2 Å². The molecule has 3 unspecified atom stereocenters. The van der Waals surface area contributed by atoms with Gasteiger partial charge < -0.3 is 10.2 Å². The Balaban J connectivity index is 1.88. The van der Waals surface area contributed by atoms with Crippen molar-refractivity contribution >= 4 is 5.97 Å². The first-order valence-corrected chi connectivity index (χ1v) is 8.14. The van der Waals surface area contributed by atoms with E-state index in [2.05, 4.69) is 0 Å². The van der Waals surface area contributed by atoms with Crippen LogP contribution in [0.4, 0.5) is 13.2 Å². The molecule has 1 aliphatic heterocycles. The molecule has 24 heavy (non-hydrogen) atoms. The number of hydrogen-bond donors (Lipinski definition) is 2. The van der Waals surface area contributed by atoms with Crippen LogP contribution in [0.15, 0.2) is 18.2 Å². The highest BCUT2D eigenvalue weighted by molar-refractivity contribution is 5.74. The number of likely N-dealkylation sites (tertiary alicyclic amines) is 1. The summed E-state index contributed by atoms with van der Waals surface area (Å²) in [6, 6.07) is 2.39. The molecule has 3 atom stereocenters. The maximum Gasteiger partial charge on any atom is 0.416 e. The molecule has 2 fully saturated rings. The molecular formula is C17H20F3NO3. The highest BCUT2D eigenvalue weighted by Crippen LogP contribution is 2.41. The molecule has 0 spiro atoms. The van der Waals surface area contributed by atoms with Crippen molar-refractivity contribution in [3.05, 3.63) is 29.3 Å². The van der Waals surface area contributed by atoms with Gasteiger partial charge in [0.25, 0.3) is 0 Å². The van der Waals surface area contributed by atoms with Gasteiger partial charge in [0.1, 0.15) is 11.8 Å². The quantitative estimate of drug-likeness (QED) is 0.880. The van der Waals surface area contributed by atoms with Crippen LogP contribution in [0.5, 0.6) is 5.75 Å². The topological polar surface area (TPSA) is 60.8 Å². The summed E-state index contributed by atoms with van der Waals surface area (Å²) in [7, 11) is 0. The van der Waals surface area contributed by atoms with E-state index in [0.29, 0.717) is 24.0 Å². The molecule has 132 valence electrons. The minimum atomic E-state index is -4.54. The Hall–Kier alpha value is -1.76. The molecule has 0 bridgehead atoms. The number of fused-ring (bicyclic) bond motifs is 1. The average Bonchev–Trinajstić information content (AvgIpc) is 2.85. The van der Waals surface area contributed by atoms with Gasteiger partial charge in [-0.15, -0.1) is 0 Å². The highest BCUT2D eigenvalue weighted by Gasteiger charge is 2.45. The van der Waals surface area contributed by atoms with Gasteiger partial charge >= 0.3 is 12.1 Å². The smallest absolute Gasteiger partial charge is 0.416 e. The van der Waals surface area contributed by atoms with Gasteiger partial charge in [0.05, 0.1) is 5.56 Å². The van der Waals surface area contributed by atoms with Crippen LogP contribution in [0.2, 0.25) is 0 Å². The van der Waals surface area contributed by atoms with Crippen LogP contribution < -0.4 is 0 Å². The number of carboxylic acids is 1. The van der Waals surface area contributed by atoms with E-state index in [9.17, 15) is 28.2 Å². The maximum absolute atomic E-state index is 12.9. The lowest BCUT2D eigenvalue weighted by Gasteiger charge is -2.33. The van der Waals surface area contributed by atoms with Gasteiger partial charge in [-0.05, 0) is 48.9 Å². The number of nitrogens with zero attached hydrogens (tertiary/aromatic N) is 1. The number of phenolic OH excluding ortho intramolecular Hbond substituents is 1. The molecule has 1 aromatic rings. The molecule has 0 aromatic heterocycles. The van der Waals surface area contributed by atoms with Crippen LogP contribution in [0.3, 0.4) is 0 Å². The second kappa shape index (κ2) is 6.27. The monoisotopic (exact) mass is 343 g/mol. The third-order valence-electron chi connectivity index (χ3n) is 5.18. The zero-order valence-electron chi connectivity index (χ0n) is 13.1. The van der Waals surface area contributed by atoms with Crippen molar-refractivity contribution in [3.8, 4) is 5.75 Å². The third kappa shape index (κ3) is 3.36. The van der Waals surface area contributed by atoms with E-state index in [1.807, 2.05) is 0 Å². The number of aromatic hydroxyl groups is 1. The Morgan fingerprint density at radius 3 is 2.58 bits per heavy atom. The largest absolute Gasteiger partial charge is 0.508 e. The second-order valence-corrected chi connectivity index (χ2v) is 6.76. The van der Waals surface area contributed by atoms with E-state index in [1.54, 1.807) is 4.90 Å². The number of phenols is 1. The fourth-order valence-electron chi connectivity index (χ4n) is 4.16. The van der Waals surface area contributed by atoms with E-state index >= 15 is 0 Å². The molecule has 1 saturated heterocycles. The van der Waals surface area contributed by atoms with Gasteiger partial charge in [0.15, 0.2) is 0 Å². The first kappa shape index (κ1) is 17.1. The van der Waals surface area contributed by atoms with Crippen LogP contribution in [0, 0.1) is 5.92 Å². The number of alkyl halides is 3. The van der Waals surface area contributed by atoms with E-state index in [-0.39, 0.29) is 12.6 Å². The molecule has 2 N–H and O–H groups in total. The standard InChI is InChI=1S/C17H20F3NO3/c18-17(19,20)12-5-10(6-13(22)8-12)9-21-14-4-2-1-3-11(14)7-15(21)16(23)24/h5-6,8,11,14-15,22H,1-4,7,9H2,(H,23,24). The lowest BCUT2D eigenvalue weighted by molar-refractivity contribution is -0.143. The molecule has 1 heterocycles. The number of aliphatic carboxylic acids is 1. The first-order valence-electron chi connectivity index (χ1n) is 8.14. The lowest BCUT2D eigenvalue weighted by Crippen LogP contribution is -2.41. The number of hydrogen-bond acceptors (Lipinski definition) is 3. The molecule has 1 aromatic carbocycles. The molecule has 1 aliphatic carbocycles. The van der Waals surface area contributed by atoms with Gasteiger partial charge in [-0.1, -0.05) is 12.8 Å². The molecule has 2 aliphatic rings. The predicted octanol–water partition coefficient (Wildman–Crippen LogP) is 3.63. The van der Waals surface area contributed by atoms with Crippen molar-refractivity contribution in [1.29, 1.82) is 0 Å². The molecule has 4 nitrogen and oxygen atoms in total. The van der Waals surface area contributed by atoms with Crippen molar-refractivity contribution in [2.24, 2.45) is 5.92 Å². The molecule has 7 heteroatoms. The summed E-state index contributed by atoms with van der Waals surface area (Å²) in [5.74, 6) is -1.09. The zero-order valence-corrected chi connectivity index (χ0v) is 13.1. The van der Waals surface area contributed by atoms with Crippen molar-refractivity contribution < 1.29 is 28.2 Å². The van der Waals surface area contributed by atoms with Crippen LogP contribution in [0.25, 0.3) is 0 Å². The van der Waals surface area contributed by atoms with Gasteiger partial charge in [-0.25, -0.2) is 0 Å². The van der Waals surface area contributed by atoms with Crippen molar-refractivity contribution in [1.82, 2.24) is 4.90 Å². The predicted molar refractivity (Wildman–Crippen MR) is 80.4 cm³/mol. The minimum Gasteiger partial charge on any atom is -0.508 e. The Morgan fingerprint density at radius 1 is 1.21 bits per heavy atom. The van der Waals surface area contributed by atoms with E-state index < -0.39 is 29.5 Å². The van der Waals surface area contributed by atoms with Crippen LogP contribution >= 0.6 is 0 Å². The Kier molecular flexibility index (Phi) is 4.46. The fraction of sp³-hybridized carbons (Fsp3) is 0.588. The van der Waals surface area contributed by atoms with E-state index in [0.717, 1.165) is 31.7 Å². The molecule has 0 amide bonds. The Morgan fingerprint density at radius 2 is 1.92 bits per heavy atom. The summed E-state index contributed by atoms with van der Waals surface area (Å²) in [6.07, 6.45) is -0.0647. The number of carbonyl (C=O) groups is 1.